The van der Waals surface area contributed by atoms with Crippen molar-refractivity contribution >= 4 is 20.9 Å². The van der Waals surface area contributed by atoms with E-state index in [4.69, 9.17) is 4.18 Å². The lowest BCUT2D eigenvalue weighted by molar-refractivity contribution is 0.463. The molecule has 6 nitrogen and oxygen atoms in total. The van der Waals surface area contributed by atoms with E-state index in [2.05, 4.69) is 15.0 Å². The van der Waals surface area contributed by atoms with E-state index in [9.17, 15) is 8.42 Å². The molecule has 0 unspecified atom stereocenters. The highest BCUT2D eigenvalue weighted by Gasteiger charge is 2.20. The van der Waals surface area contributed by atoms with Gasteiger partial charge in [0.1, 0.15) is 17.6 Å². The Hall–Kier alpha value is -2.54. The first-order valence-corrected chi connectivity index (χ1v) is 7.12. The fourth-order valence-corrected chi connectivity index (χ4v) is 2.90. The van der Waals surface area contributed by atoms with Gasteiger partial charge in [-0.3, -0.25) is 0 Å². The van der Waals surface area contributed by atoms with E-state index in [-0.39, 0.29) is 10.9 Å². The molecule has 0 aliphatic rings. The molecular formula is C13H9N3O3S. The molecule has 1 heterocycles. The molecule has 2 aromatic carbocycles. The summed E-state index contributed by atoms with van der Waals surface area (Å²) in [7, 11) is -3.99. The van der Waals surface area contributed by atoms with Crippen LogP contribution in [0.4, 0.5) is 0 Å². The van der Waals surface area contributed by atoms with Gasteiger partial charge in [-0.15, -0.1) is 0 Å². The van der Waals surface area contributed by atoms with E-state index in [1.54, 1.807) is 18.2 Å². The van der Waals surface area contributed by atoms with Gasteiger partial charge in [0.25, 0.3) is 0 Å². The molecule has 0 radical (unpaired) electrons. The number of benzene rings is 2. The minimum absolute atomic E-state index is 0.0796. The van der Waals surface area contributed by atoms with Gasteiger partial charge in [-0.25, -0.2) is 4.98 Å². The van der Waals surface area contributed by atoms with E-state index in [0.717, 1.165) is 5.39 Å². The molecule has 100 valence electrons. The summed E-state index contributed by atoms with van der Waals surface area (Å²) in [5.41, 5.74) is 0. The van der Waals surface area contributed by atoms with Crippen LogP contribution in [-0.2, 0) is 10.1 Å². The molecule has 0 bridgehead atoms. The van der Waals surface area contributed by atoms with Crippen LogP contribution in [-0.4, -0.2) is 23.4 Å². The summed E-state index contributed by atoms with van der Waals surface area (Å²) in [5, 5.41) is 1.40. The lowest BCUT2D eigenvalue weighted by Crippen LogP contribution is -2.12. The number of hydrogen-bond acceptors (Lipinski definition) is 6. The Bertz CT molecular complexity index is 846. The molecular weight excluding hydrogens is 278 g/mol. The maximum atomic E-state index is 12.3. The third-order valence-corrected chi connectivity index (χ3v) is 3.94. The van der Waals surface area contributed by atoms with Crippen molar-refractivity contribution in [1.82, 2.24) is 15.0 Å². The first-order chi connectivity index (χ1) is 9.67. The molecule has 3 rings (SSSR count). The van der Waals surface area contributed by atoms with Gasteiger partial charge in [0.15, 0.2) is 0 Å². The highest BCUT2D eigenvalue weighted by molar-refractivity contribution is 7.87. The van der Waals surface area contributed by atoms with Gasteiger partial charge < -0.3 is 4.18 Å². The maximum absolute atomic E-state index is 12.3. The standard InChI is InChI=1S/C13H9N3O3S/c17-20(18,19-13-15-8-14-9-16-13)12-7-3-5-10-4-1-2-6-11(10)12/h1-9H. The molecule has 1 aromatic heterocycles. The van der Waals surface area contributed by atoms with Crippen molar-refractivity contribution in [3.05, 3.63) is 55.1 Å². The highest BCUT2D eigenvalue weighted by atomic mass is 32.2. The Morgan fingerprint density at radius 3 is 2.40 bits per heavy atom. The van der Waals surface area contributed by atoms with E-state index in [0.29, 0.717) is 5.39 Å². The summed E-state index contributed by atoms with van der Waals surface area (Å²) in [4.78, 5) is 11.0. The number of aromatic nitrogens is 3. The first kappa shape index (κ1) is 12.5. The monoisotopic (exact) mass is 287 g/mol. The first-order valence-electron chi connectivity index (χ1n) is 5.71. The zero-order valence-electron chi connectivity index (χ0n) is 10.2. The highest BCUT2D eigenvalue weighted by Crippen LogP contribution is 2.24. The summed E-state index contributed by atoms with van der Waals surface area (Å²) >= 11 is 0. The van der Waals surface area contributed by atoms with Gasteiger partial charge in [-0.2, -0.15) is 18.4 Å². The fourth-order valence-electron chi connectivity index (χ4n) is 1.83. The fraction of sp³-hybridized carbons (Fsp3) is 0. The minimum atomic E-state index is -3.99. The van der Waals surface area contributed by atoms with Crippen LogP contribution < -0.4 is 4.18 Å². The van der Waals surface area contributed by atoms with E-state index >= 15 is 0 Å². The maximum Gasteiger partial charge on any atom is 0.342 e. The Kier molecular flexibility index (Phi) is 3.03. The van der Waals surface area contributed by atoms with Crippen LogP contribution in [0, 0.1) is 0 Å². The number of fused-ring (bicyclic) bond motifs is 1. The Labute approximate surface area is 115 Å². The second-order valence-corrected chi connectivity index (χ2v) is 5.45. The van der Waals surface area contributed by atoms with Gasteiger partial charge in [0.2, 0.25) is 0 Å². The summed E-state index contributed by atoms with van der Waals surface area (Å²) in [6.45, 7) is 0. The van der Waals surface area contributed by atoms with Crippen molar-refractivity contribution in [3.8, 4) is 6.01 Å². The van der Waals surface area contributed by atoms with Gasteiger partial charge in [-0.05, 0) is 11.5 Å². The normalized spacial score (nSPS) is 11.4. The smallest absolute Gasteiger partial charge is 0.339 e. The predicted octanol–water partition coefficient (Wildman–Crippen LogP) is 1.79. The van der Waals surface area contributed by atoms with Crippen LogP contribution >= 0.6 is 0 Å². The molecule has 0 fully saturated rings. The Morgan fingerprint density at radius 1 is 0.900 bits per heavy atom. The Balaban J connectivity index is 2.10. The van der Waals surface area contributed by atoms with Crippen LogP contribution in [0.15, 0.2) is 60.0 Å². The molecule has 0 atom stereocenters. The van der Waals surface area contributed by atoms with Crippen LogP contribution in [0.2, 0.25) is 0 Å². The second kappa shape index (κ2) is 4.86. The number of hydrogen-bond donors (Lipinski definition) is 0. The van der Waals surface area contributed by atoms with Crippen molar-refractivity contribution in [2.45, 2.75) is 4.90 Å². The van der Waals surface area contributed by atoms with Crippen LogP contribution in [0.25, 0.3) is 10.8 Å². The van der Waals surface area contributed by atoms with Crippen LogP contribution in [0.5, 0.6) is 6.01 Å². The van der Waals surface area contributed by atoms with E-state index in [1.807, 2.05) is 18.2 Å². The van der Waals surface area contributed by atoms with Crippen LogP contribution in [0.1, 0.15) is 0 Å². The molecule has 0 N–H and O–H groups in total. The molecule has 0 aliphatic heterocycles. The quantitative estimate of drug-likeness (QED) is 0.683. The summed E-state index contributed by atoms with van der Waals surface area (Å²) in [6.07, 6.45) is 2.34. The van der Waals surface area contributed by atoms with Crippen molar-refractivity contribution in [2.75, 3.05) is 0 Å². The number of rotatable bonds is 3. The van der Waals surface area contributed by atoms with Crippen molar-refractivity contribution < 1.29 is 12.6 Å². The minimum Gasteiger partial charge on any atom is -0.339 e. The van der Waals surface area contributed by atoms with E-state index in [1.165, 1.54) is 18.7 Å². The largest absolute Gasteiger partial charge is 0.342 e. The SMILES string of the molecule is O=S(=O)(Oc1ncncn1)c1cccc2ccccc12. The number of nitrogens with zero attached hydrogens (tertiary/aromatic N) is 3. The zero-order chi connectivity index (χ0) is 14.0. The summed E-state index contributed by atoms with van der Waals surface area (Å²) < 4.78 is 29.5. The van der Waals surface area contributed by atoms with Crippen molar-refractivity contribution in [3.63, 3.8) is 0 Å². The Morgan fingerprint density at radius 2 is 1.60 bits per heavy atom. The third kappa shape index (κ3) is 2.30. The molecule has 0 saturated carbocycles. The van der Waals surface area contributed by atoms with Gasteiger partial charge in [-0.1, -0.05) is 36.4 Å². The lowest BCUT2D eigenvalue weighted by Gasteiger charge is -2.07. The lowest BCUT2D eigenvalue weighted by atomic mass is 10.1. The molecule has 0 spiro atoms. The molecule has 0 saturated heterocycles. The van der Waals surface area contributed by atoms with Crippen molar-refractivity contribution in [1.29, 1.82) is 0 Å². The van der Waals surface area contributed by atoms with Gasteiger partial charge in [0, 0.05) is 5.39 Å². The average Bonchev–Trinajstić information content (AvgIpc) is 2.47. The topological polar surface area (TPSA) is 82.0 Å². The molecule has 3 aromatic rings. The zero-order valence-corrected chi connectivity index (χ0v) is 11.0. The average molecular weight is 287 g/mol. The van der Waals surface area contributed by atoms with E-state index < -0.39 is 10.1 Å². The second-order valence-electron chi connectivity index (χ2n) is 3.94. The van der Waals surface area contributed by atoms with Gasteiger partial charge >= 0.3 is 16.1 Å². The predicted molar refractivity (Wildman–Crippen MR) is 71.6 cm³/mol. The molecule has 0 amide bonds. The van der Waals surface area contributed by atoms with Gasteiger partial charge in [0.05, 0.1) is 0 Å². The summed E-state index contributed by atoms with van der Waals surface area (Å²) in [6, 6.07) is 11.9. The molecule has 0 aliphatic carbocycles. The molecule has 7 heteroatoms. The van der Waals surface area contributed by atoms with Crippen LogP contribution in [0.3, 0.4) is 0 Å². The summed E-state index contributed by atoms with van der Waals surface area (Å²) in [5.74, 6) is 0. The molecule has 20 heavy (non-hydrogen) atoms. The van der Waals surface area contributed by atoms with Crippen molar-refractivity contribution in [2.24, 2.45) is 0 Å². The third-order valence-electron chi connectivity index (χ3n) is 2.67.